The van der Waals surface area contributed by atoms with Gasteiger partial charge in [0.05, 0.1) is 15.5 Å². The maximum atomic E-state index is 14.2. The predicted molar refractivity (Wildman–Crippen MR) is 95.9 cm³/mol. The molecular weight excluding hydrogens is 377 g/mol. The molecule has 0 aliphatic carbocycles. The number of nitrogens with zero attached hydrogens (tertiary/aromatic N) is 2. The lowest BCUT2D eigenvalue weighted by molar-refractivity contribution is -0.384. The first kappa shape index (κ1) is 18.5. The van der Waals surface area contributed by atoms with Crippen molar-refractivity contribution in [2.45, 2.75) is 13.5 Å². The van der Waals surface area contributed by atoms with Crippen LogP contribution in [0.3, 0.4) is 0 Å². The van der Waals surface area contributed by atoms with Gasteiger partial charge in [0, 0.05) is 18.7 Å². The number of nitro benzene ring substituents is 1. The molecule has 1 amide bonds. The number of hydrogen-bond donors (Lipinski definition) is 1. The highest BCUT2D eigenvalue weighted by Gasteiger charge is 2.25. The number of rotatable bonds is 5. The van der Waals surface area contributed by atoms with Crippen LogP contribution in [0.1, 0.15) is 21.7 Å². The molecule has 0 aliphatic rings. The van der Waals surface area contributed by atoms with Gasteiger partial charge in [-0.15, -0.1) is 0 Å². The molecule has 0 saturated carbocycles. The Morgan fingerprint density at radius 2 is 2.00 bits per heavy atom. The van der Waals surface area contributed by atoms with E-state index in [1.54, 1.807) is 0 Å². The van der Waals surface area contributed by atoms with Crippen LogP contribution >= 0.6 is 11.6 Å². The van der Waals surface area contributed by atoms with Crippen molar-refractivity contribution in [3.05, 3.63) is 80.3 Å². The Hall–Kier alpha value is -3.26. The highest BCUT2D eigenvalue weighted by molar-refractivity contribution is 6.33. The van der Waals surface area contributed by atoms with Gasteiger partial charge in [-0.2, -0.15) is 0 Å². The SMILES string of the molecule is Cc1onc(-c2c(F)cccc2Cl)c1C(=O)NCc1ccc([N+](=O)[O-])cc1. The second-order valence-corrected chi connectivity index (χ2v) is 6.07. The van der Waals surface area contributed by atoms with Gasteiger partial charge in [-0.25, -0.2) is 4.39 Å². The van der Waals surface area contributed by atoms with E-state index >= 15 is 0 Å². The number of carbonyl (C=O) groups is 1. The number of nitro groups is 1. The van der Waals surface area contributed by atoms with E-state index in [0.717, 1.165) is 0 Å². The van der Waals surface area contributed by atoms with E-state index in [4.69, 9.17) is 16.1 Å². The Bertz CT molecular complexity index is 998. The minimum atomic E-state index is -0.625. The Kier molecular flexibility index (Phi) is 5.18. The van der Waals surface area contributed by atoms with Crippen molar-refractivity contribution in [3.63, 3.8) is 0 Å². The standard InChI is InChI=1S/C18H13ClFN3O4/c1-10-15(17(22-27-10)16-13(19)3-2-4-14(16)20)18(24)21-9-11-5-7-12(8-6-11)23(25)26/h2-8H,9H2,1H3,(H,21,24). The fraction of sp³-hybridized carbons (Fsp3) is 0.111. The fourth-order valence-corrected chi connectivity index (χ4v) is 2.79. The molecule has 9 heteroatoms. The van der Waals surface area contributed by atoms with Crippen molar-refractivity contribution >= 4 is 23.2 Å². The molecular formula is C18H13ClFN3O4. The van der Waals surface area contributed by atoms with Gasteiger partial charge in [0.2, 0.25) is 0 Å². The summed E-state index contributed by atoms with van der Waals surface area (Å²) in [5.41, 5.74) is 0.683. The van der Waals surface area contributed by atoms with Gasteiger partial charge in [-0.05, 0) is 24.6 Å². The summed E-state index contributed by atoms with van der Waals surface area (Å²) in [6.45, 7) is 1.65. The molecule has 0 atom stereocenters. The number of non-ortho nitro benzene ring substituents is 1. The Morgan fingerprint density at radius 3 is 2.63 bits per heavy atom. The minimum Gasteiger partial charge on any atom is -0.360 e. The molecule has 2 aromatic carbocycles. The second kappa shape index (κ2) is 7.55. The zero-order valence-electron chi connectivity index (χ0n) is 14.0. The quantitative estimate of drug-likeness (QED) is 0.518. The lowest BCUT2D eigenvalue weighted by atomic mass is 10.0. The summed E-state index contributed by atoms with van der Waals surface area (Å²) in [6.07, 6.45) is 0. The topological polar surface area (TPSA) is 98.3 Å². The third-order valence-corrected chi connectivity index (χ3v) is 4.20. The van der Waals surface area contributed by atoms with E-state index in [0.29, 0.717) is 5.56 Å². The van der Waals surface area contributed by atoms with E-state index in [9.17, 15) is 19.3 Å². The monoisotopic (exact) mass is 389 g/mol. The van der Waals surface area contributed by atoms with Crippen LogP contribution in [0.25, 0.3) is 11.3 Å². The average molecular weight is 390 g/mol. The largest absolute Gasteiger partial charge is 0.360 e. The van der Waals surface area contributed by atoms with Crippen molar-refractivity contribution in [1.29, 1.82) is 0 Å². The van der Waals surface area contributed by atoms with Crippen LogP contribution in [0.2, 0.25) is 5.02 Å². The molecule has 3 aromatic rings. The van der Waals surface area contributed by atoms with Crippen molar-refractivity contribution < 1.29 is 18.6 Å². The molecule has 138 valence electrons. The van der Waals surface area contributed by atoms with Gasteiger partial charge in [0.1, 0.15) is 22.8 Å². The van der Waals surface area contributed by atoms with Crippen LogP contribution in [0.15, 0.2) is 47.0 Å². The number of carbonyl (C=O) groups excluding carboxylic acids is 1. The lowest BCUT2D eigenvalue weighted by Crippen LogP contribution is -2.23. The van der Waals surface area contributed by atoms with Gasteiger partial charge in [0.15, 0.2) is 0 Å². The van der Waals surface area contributed by atoms with Gasteiger partial charge < -0.3 is 9.84 Å². The molecule has 0 radical (unpaired) electrons. The van der Waals surface area contributed by atoms with Gasteiger partial charge >= 0.3 is 0 Å². The summed E-state index contributed by atoms with van der Waals surface area (Å²) in [7, 11) is 0. The third kappa shape index (κ3) is 3.80. The van der Waals surface area contributed by atoms with Gasteiger partial charge in [-0.1, -0.05) is 35.0 Å². The third-order valence-electron chi connectivity index (χ3n) is 3.89. The Balaban J connectivity index is 1.83. The summed E-state index contributed by atoms with van der Waals surface area (Å²) in [5, 5.41) is 17.2. The van der Waals surface area contributed by atoms with Crippen molar-refractivity contribution in [1.82, 2.24) is 10.5 Å². The predicted octanol–water partition coefficient (Wildman–Crippen LogP) is 4.28. The Labute approximate surface area is 157 Å². The zero-order valence-corrected chi connectivity index (χ0v) is 14.8. The number of amides is 1. The summed E-state index contributed by atoms with van der Waals surface area (Å²) >= 11 is 6.05. The van der Waals surface area contributed by atoms with E-state index in [1.165, 1.54) is 49.4 Å². The number of benzene rings is 2. The fourth-order valence-electron chi connectivity index (χ4n) is 2.54. The lowest BCUT2D eigenvalue weighted by Gasteiger charge is -2.07. The maximum Gasteiger partial charge on any atom is 0.269 e. The summed E-state index contributed by atoms with van der Waals surface area (Å²) < 4.78 is 19.3. The highest BCUT2D eigenvalue weighted by atomic mass is 35.5. The van der Waals surface area contributed by atoms with Gasteiger partial charge in [0.25, 0.3) is 11.6 Å². The highest BCUT2D eigenvalue weighted by Crippen LogP contribution is 2.33. The summed E-state index contributed by atoms with van der Waals surface area (Å²) in [5.74, 6) is -0.938. The number of hydrogen-bond acceptors (Lipinski definition) is 5. The molecule has 0 unspecified atom stereocenters. The molecule has 0 spiro atoms. The zero-order chi connectivity index (χ0) is 19.6. The summed E-state index contributed by atoms with van der Waals surface area (Å²) in [4.78, 5) is 22.8. The van der Waals surface area contributed by atoms with E-state index in [-0.39, 0.29) is 39.8 Å². The number of aryl methyl sites for hydroxylation is 1. The smallest absolute Gasteiger partial charge is 0.269 e. The molecule has 0 bridgehead atoms. The maximum absolute atomic E-state index is 14.2. The van der Waals surface area contributed by atoms with Crippen molar-refractivity contribution in [3.8, 4) is 11.3 Å². The molecule has 1 aromatic heterocycles. The molecule has 1 heterocycles. The first-order valence-electron chi connectivity index (χ1n) is 7.80. The Morgan fingerprint density at radius 1 is 1.30 bits per heavy atom. The van der Waals surface area contributed by atoms with Crippen LogP contribution in [-0.4, -0.2) is 16.0 Å². The van der Waals surface area contributed by atoms with E-state index < -0.39 is 16.6 Å². The van der Waals surface area contributed by atoms with Crippen molar-refractivity contribution in [2.24, 2.45) is 0 Å². The van der Waals surface area contributed by atoms with E-state index in [2.05, 4.69) is 10.5 Å². The van der Waals surface area contributed by atoms with Crippen molar-refractivity contribution in [2.75, 3.05) is 0 Å². The average Bonchev–Trinajstić information content (AvgIpc) is 3.01. The summed E-state index contributed by atoms with van der Waals surface area (Å²) in [6, 6.07) is 9.91. The first-order valence-corrected chi connectivity index (χ1v) is 8.18. The molecule has 1 N–H and O–H groups in total. The molecule has 7 nitrogen and oxygen atoms in total. The second-order valence-electron chi connectivity index (χ2n) is 5.67. The molecule has 0 fully saturated rings. The van der Waals surface area contributed by atoms with Crippen LogP contribution in [0.4, 0.5) is 10.1 Å². The molecule has 0 saturated heterocycles. The van der Waals surface area contributed by atoms with Crippen LogP contribution in [-0.2, 0) is 6.54 Å². The van der Waals surface area contributed by atoms with Gasteiger partial charge in [-0.3, -0.25) is 14.9 Å². The van der Waals surface area contributed by atoms with Crippen LogP contribution in [0, 0.1) is 22.9 Å². The molecule has 27 heavy (non-hydrogen) atoms. The number of nitrogens with one attached hydrogen (secondary N) is 1. The molecule has 3 rings (SSSR count). The number of aromatic nitrogens is 1. The number of halogens is 2. The first-order chi connectivity index (χ1) is 12.9. The van der Waals surface area contributed by atoms with E-state index in [1.807, 2.05) is 0 Å². The normalized spacial score (nSPS) is 10.6. The minimum absolute atomic E-state index is 0.0109. The van der Waals surface area contributed by atoms with Crippen LogP contribution < -0.4 is 5.32 Å². The van der Waals surface area contributed by atoms with Crippen LogP contribution in [0.5, 0.6) is 0 Å². The molecule has 0 aliphatic heterocycles.